The van der Waals surface area contributed by atoms with E-state index >= 15 is 0 Å². The summed E-state index contributed by atoms with van der Waals surface area (Å²) in [7, 11) is 0. The maximum atomic E-state index is 13.8. The van der Waals surface area contributed by atoms with E-state index in [-0.39, 0.29) is 18.2 Å². The van der Waals surface area contributed by atoms with Crippen LogP contribution < -0.4 is 10.6 Å². The molecule has 0 aliphatic carbocycles. The van der Waals surface area contributed by atoms with Gasteiger partial charge in [0.25, 0.3) is 0 Å². The van der Waals surface area contributed by atoms with Crippen LogP contribution in [0.4, 0.5) is 5.69 Å². The van der Waals surface area contributed by atoms with E-state index in [0.29, 0.717) is 20.8 Å². The Morgan fingerprint density at radius 2 is 1.52 bits per heavy atom. The molecule has 0 saturated carbocycles. The Morgan fingerprint density at radius 1 is 0.806 bits per heavy atom. The van der Waals surface area contributed by atoms with Crippen LogP contribution in [0.15, 0.2) is 66.7 Å². The van der Waals surface area contributed by atoms with Crippen molar-refractivity contribution in [3.8, 4) is 0 Å². The number of piperidine rings is 1. The van der Waals surface area contributed by atoms with Gasteiger partial charge in [0, 0.05) is 33.1 Å². The SMILES string of the molecule is O=C1C[C@H](c2ccc(Cl)cc2)[C@@]2(C(=O)Nc3cc(Cl)ccc32)[C@H](c2cccc(Cl)c2)N1. The molecule has 3 aromatic carbocycles. The van der Waals surface area contributed by atoms with Crippen molar-refractivity contribution >= 4 is 52.3 Å². The van der Waals surface area contributed by atoms with Crippen LogP contribution in [0.25, 0.3) is 0 Å². The fourth-order valence-electron chi connectivity index (χ4n) is 4.95. The molecule has 0 radical (unpaired) electrons. The number of hydrogen-bond acceptors (Lipinski definition) is 2. The molecule has 3 atom stereocenters. The quantitative estimate of drug-likeness (QED) is 0.490. The molecule has 3 aromatic rings. The van der Waals surface area contributed by atoms with Crippen LogP contribution >= 0.6 is 34.8 Å². The van der Waals surface area contributed by atoms with Crippen molar-refractivity contribution in [3.05, 3.63) is 98.5 Å². The van der Waals surface area contributed by atoms with E-state index in [1.54, 1.807) is 36.4 Å². The molecule has 0 unspecified atom stereocenters. The highest BCUT2D eigenvalue weighted by molar-refractivity contribution is 6.31. The first-order valence-electron chi connectivity index (χ1n) is 9.81. The summed E-state index contributed by atoms with van der Waals surface area (Å²) in [6, 6.07) is 19.3. The topological polar surface area (TPSA) is 58.2 Å². The van der Waals surface area contributed by atoms with Gasteiger partial charge in [-0.1, -0.05) is 65.1 Å². The molecule has 0 aromatic heterocycles. The number of halogens is 3. The van der Waals surface area contributed by atoms with Gasteiger partial charge in [0.15, 0.2) is 0 Å². The maximum Gasteiger partial charge on any atom is 0.238 e. The first-order chi connectivity index (χ1) is 14.9. The van der Waals surface area contributed by atoms with Gasteiger partial charge in [-0.25, -0.2) is 0 Å². The van der Waals surface area contributed by atoms with Crippen LogP contribution in [0, 0.1) is 0 Å². The maximum absolute atomic E-state index is 13.8. The Bertz CT molecular complexity index is 1210. The lowest BCUT2D eigenvalue weighted by atomic mass is 9.59. The number of amides is 2. The molecule has 2 aliphatic heterocycles. The average Bonchev–Trinajstić information content (AvgIpc) is 3.01. The minimum absolute atomic E-state index is 0.134. The minimum Gasteiger partial charge on any atom is -0.348 e. The number of benzene rings is 3. The first-order valence-corrected chi connectivity index (χ1v) is 10.9. The average molecular weight is 472 g/mol. The molecule has 2 N–H and O–H groups in total. The first kappa shape index (κ1) is 20.4. The third-order valence-corrected chi connectivity index (χ3v) is 6.93. The molecule has 2 amide bonds. The second-order valence-corrected chi connectivity index (χ2v) is 9.19. The van der Waals surface area contributed by atoms with Crippen molar-refractivity contribution in [2.24, 2.45) is 0 Å². The monoisotopic (exact) mass is 470 g/mol. The number of fused-ring (bicyclic) bond motifs is 2. The van der Waals surface area contributed by atoms with Gasteiger partial charge < -0.3 is 10.6 Å². The molecule has 5 rings (SSSR count). The number of carbonyl (C=O) groups is 2. The Kier molecular flexibility index (Phi) is 4.97. The van der Waals surface area contributed by atoms with Gasteiger partial charge >= 0.3 is 0 Å². The van der Waals surface area contributed by atoms with Gasteiger partial charge in [0.2, 0.25) is 11.8 Å². The molecule has 156 valence electrons. The largest absolute Gasteiger partial charge is 0.348 e. The van der Waals surface area contributed by atoms with E-state index in [4.69, 9.17) is 34.8 Å². The molecule has 1 fully saturated rings. The summed E-state index contributed by atoms with van der Waals surface area (Å²) in [5.74, 6) is -0.731. The third kappa shape index (κ3) is 3.21. The van der Waals surface area contributed by atoms with Crippen LogP contribution in [0.5, 0.6) is 0 Å². The van der Waals surface area contributed by atoms with Gasteiger partial charge in [0.05, 0.1) is 6.04 Å². The Hall–Kier alpha value is -2.53. The Morgan fingerprint density at radius 3 is 2.26 bits per heavy atom. The van der Waals surface area contributed by atoms with E-state index in [0.717, 1.165) is 16.7 Å². The number of hydrogen-bond donors (Lipinski definition) is 2. The van der Waals surface area contributed by atoms with E-state index in [1.165, 1.54) is 0 Å². The number of rotatable bonds is 2. The van der Waals surface area contributed by atoms with Crippen molar-refractivity contribution in [3.63, 3.8) is 0 Å². The highest BCUT2D eigenvalue weighted by Gasteiger charge is 2.61. The Labute approximate surface area is 194 Å². The Balaban J connectivity index is 1.80. The van der Waals surface area contributed by atoms with E-state index < -0.39 is 17.4 Å². The molecular formula is C24H17Cl3N2O2. The van der Waals surface area contributed by atoms with Gasteiger partial charge in [-0.3, -0.25) is 9.59 Å². The summed E-state index contributed by atoms with van der Waals surface area (Å²) in [5.41, 5.74) is 2.00. The van der Waals surface area contributed by atoms with Gasteiger partial charge in [-0.05, 0) is 53.1 Å². The predicted octanol–water partition coefficient (Wildman–Crippen LogP) is 5.88. The molecule has 2 heterocycles. The molecule has 1 spiro atoms. The summed E-state index contributed by atoms with van der Waals surface area (Å²) in [4.78, 5) is 26.7. The van der Waals surface area contributed by atoms with Gasteiger partial charge in [0.1, 0.15) is 5.41 Å². The van der Waals surface area contributed by atoms with Crippen LogP contribution in [0.3, 0.4) is 0 Å². The zero-order valence-electron chi connectivity index (χ0n) is 16.2. The van der Waals surface area contributed by atoms with E-state index in [9.17, 15) is 9.59 Å². The lowest BCUT2D eigenvalue weighted by molar-refractivity contribution is -0.131. The van der Waals surface area contributed by atoms with Crippen LogP contribution in [0.1, 0.15) is 35.1 Å². The second kappa shape index (κ2) is 7.56. The molecule has 4 nitrogen and oxygen atoms in total. The molecular weight excluding hydrogens is 455 g/mol. The predicted molar refractivity (Wildman–Crippen MR) is 123 cm³/mol. The normalized spacial score (nSPS) is 24.6. The van der Waals surface area contributed by atoms with Crippen molar-refractivity contribution in [2.45, 2.75) is 23.8 Å². The highest BCUT2D eigenvalue weighted by Crippen LogP contribution is 2.57. The standard InChI is InChI=1S/C24H17Cl3N2O2/c25-15-6-4-13(5-7-15)19-12-21(30)29-22(14-2-1-3-16(26)10-14)24(19)18-9-8-17(27)11-20(18)28-23(24)31/h1-11,19,22H,12H2,(H,28,31)(H,29,30)/t19-,22+,24-/m1/s1. The van der Waals surface area contributed by atoms with Gasteiger partial charge in [-0.15, -0.1) is 0 Å². The van der Waals surface area contributed by atoms with Gasteiger partial charge in [-0.2, -0.15) is 0 Å². The van der Waals surface area contributed by atoms with Crippen molar-refractivity contribution in [2.75, 3.05) is 5.32 Å². The highest BCUT2D eigenvalue weighted by atomic mass is 35.5. The van der Waals surface area contributed by atoms with Crippen molar-refractivity contribution in [1.82, 2.24) is 5.32 Å². The van der Waals surface area contributed by atoms with Crippen molar-refractivity contribution in [1.29, 1.82) is 0 Å². The number of anilines is 1. The molecule has 7 heteroatoms. The van der Waals surface area contributed by atoms with E-state index in [2.05, 4.69) is 10.6 Å². The zero-order chi connectivity index (χ0) is 21.8. The van der Waals surface area contributed by atoms with Crippen LogP contribution in [-0.2, 0) is 15.0 Å². The molecule has 1 saturated heterocycles. The summed E-state index contributed by atoms with van der Waals surface area (Å²) in [6.45, 7) is 0. The van der Waals surface area contributed by atoms with E-state index in [1.807, 2.05) is 30.3 Å². The smallest absolute Gasteiger partial charge is 0.238 e. The summed E-state index contributed by atoms with van der Waals surface area (Å²) in [5, 5.41) is 7.73. The lowest BCUT2D eigenvalue weighted by Crippen LogP contribution is -2.56. The lowest BCUT2D eigenvalue weighted by Gasteiger charge is -2.46. The molecule has 31 heavy (non-hydrogen) atoms. The molecule has 0 bridgehead atoms. The summed E-state index contributed by atoms with van der Waals surface area (Å²) < 4.78 is 0. The summed E-state index contributed by atoms with van der Waals surface area (Å²) in [6.07, 6.45) is 0.161. The third-order valence-electron chi connectivity index (χ3n) is 6.21. The van der Waals surface area contributed by atoms with Crippen molar-refractivity contribution < 1.29 is 9.59 Å². The summed E-state index contributed by atoms with van der Waals surface area (Å²) >= 11 is 18.6. The van der Waals surface area contributed by atoms with Crippen LogP contribution in [0.2, 0.25) is 15.1 Å². The zero-order valence-corrected chi connectivity index (χ0v) is 18.4. The number of carbonyl (C=O) groups excluding carboxylic acids is 2. The second-order valence-electron chi connectivity index (χ2n) is 7.88. The fraction of sp³-hybridized carbons (Fsp3) is 0.167. The molecule has 2 aliphatic rings. The fourth-order valence-corrected chi connectivity index (χ4v) is 5.45. The number of nitrogens with one attached hydrogen (secondary N) is 2. The van der Waals surface area contributed by atoms with Crippen LogP contribution in [-0.4, -0.2) is 11.8 Å². The minimum atomic E-state index is -1.08.